The normalized spacial score (nSPS) is 9.86. The van der Waals surface area contributed by atoms with E-state index in [0.717, 1.165) is 18.8 Å². The SMILES string of the molecule is CCN(CC)c1cncc(C(=O)O)c1. The molecule has 76 valence electrons. The predicted molar refractivity (Wildman–Crippen MR) is 54.8 cm³/mol. The lowest BCUT2D eigenvalue weighted by Gasteiger charge is -2.20. The van der Waals surface area contributed by atoms with Crippen LogP contribution in [0.3, 0.4) is 0 Å². The summed E-state index contributed by atoms with van der Waals surface area (Å²) in [6.07, 6.45) is 3.04. The molecule has 0 aliphatic rings. The molecule has 0 spiro atoms. The van der Waals surface area contributed by atoms with Crippen molar-refractivity contribution in [2.75, 3.05) is 18.0 Å². The third-order valence-corrected chi connectivity index (χ3v) is 2.10. The van der Waals surface area contributed by atoms with Crippen LogP contribution in [0.2, 0.25) is 0 Å². The molecule has 0 saturated heterocycles. The van der Waals surface area contributed by atoms with Crippen LogP contribution in [0.15, 0.2) is 18.5 Å². The lowest BCUT2D eigenvalue weighted by atomic mass is 10.2. The Morgan fingerprint density at radius 2 is 2.07 bits per heavy atom. The summed E-state index contributed by atoms with van der Waals surface area (Å²) in [6.45, 7) is 5.75. The fourth-order valence-electron chi connectivity index (χ4n) is 1.31. The number of anilines is 1. The molecule has 4 heteroatoms. The van der Waals surface area contributed by atoms with Crippen molar-refractivity contribution >= 4 is 11.7 Å². The Hall–Kier alpha value is -1.58. The second-order valence-corrected chi connectivity index (χ2v) is 2.91. The van der Waals surface area contributed by atoms with Crippen LogP contribution in [0.1, 0.15) is 24.2 Å². The summed E-state index contributed by atoms with van der Waals surface area (Å²) in [7, 11) is 0. The van der Waals surface area contributed by atoms with Crippen molar-refractivity contribution in [2.24, 2.45) is 0 Å². The zero-order valence-electron chi connectivity index (χ0n) is 8.40. The highest BCUT2D eigenvalue weighted by atomic mass is 16.4. The Balaban J connectivity index is 2.98. The molecule has 0 saturated carbocycles. The van der Waals surface area contributed by atoms with Gasteiger partial charge in [-0.2, -0.15) is 0 Å². The molecule has 1 aromatic heterocycles. The van der Waals surface area contributed by atoms with Gasteiger partial charge < -0.3 is 10.0 Å². The van der Waals surface area contributed by atoms with Crippen LogP contribution in [0, 0.1) is 0 Å². The van der Waals surface area contributed by atoms with Gasteiger partial charge in [0.1, 0.15) is 0 Å². The highest BCUT2D eigenvalue weighted by Crippen LogP contribution is 2.13. The Morgan fingerprint density at radius 3 is 2.57 bits per heavy atom. The van der Waals surface area contributed by atoms with Crippen molar-refractivity contribution in [2.45, 2.75) is 13.8 Å². The maximum atomic E-state index is 10.7. The highest BCUT2D eigenvalue weighted by molar-refractivity contribution is 5.88. The topological polar surface area (TPSA) is 53.4 Å². The third-order valence-electron chi connectivity index (χ3n) is 2.10. The number of aromatic carboxylic acids is 1. The van der Waals surface area contributed by atoms with Gasteiger partial charge in [0.2, 0.25) is 0 Å². The number of rotatable bonds is 4. The first-order valence-corrected chi connectivity index (χ1v) is 4.62. The Bertz CT molecular complexity index is 322. The van der Waals surface area contributed by atoms with E-state index in [4.69, 9.17) is 5.11 Å². The number of hydrogen-bond donors (Lipinski definition) is 1. The summed E-state index contributed by atoms with van der Waals surface area (Å²) in [5.41, 5.74) is 1.09. The number of aromatic nitrogens is 1. The Labute approximate surface area is 83.2 Å². The maximum Gasteiger partial charge on any atom is 0.337 e. The van der Waals surface area contributed by atoms with Gasteiger partial charge in [0, 0.05) is 19.3 Å². The number of nitrogens with zero attached hydrogens (tertiary/aromatic N) is 2. The minimum absolute atomic E-state index is 0.231. The summed E-state index contributed by atoms with van der Waals surface area (Å²) >= 11 is 0. The van der Waals surface area contributed by atoms with Gasteiger partial charge in [-0.1, -0.05) is 0 Å². The molecule has 0 aliphatic carbocycles. The summed E-state index contributed by atoms with van der Waals surface area (Å²) in [5, 5.41) is 8.78. The fraction of sp³-hybridized carbons (Fsp3) is 0.400. The van der Waals surface area contributed by atoms with Crippen molar-refractivity contribution in [3.63, 3.8) is 0 Å². The largest absolute Gasteiger partial charge is 0.478 e. The van der Waals surface area contributed by atoms with Crippen LogP contribution in [-0.2, 0) is 0 Å². The van der Waals surface area contributed by atoms with Gasteiger partial charge >= 0.3 is 5.97 Å². The van der Waals surface area contributed by atoms with E-state index in [1.54, 1.807) is 12.3 Å². The summed E-state index contributed by atoms with van der Waals surface area (Å²) in [5.74, 6) is -0.938. The maximum absolute atomic E-state index is 10.7. The Kier molecular flexibility index (Phi) is 3.45. The van der Waals surface area contributed by atoms with Crippen LogP contribution >= 0.6 is 0 Å². The van der Waals surface area contributed by atoms with E-state index in [9.17, 15) is 4.79 Å². The lowest BCUT2D eigenvalue weighted by molar-refractivity contribution is 0.0696. The third kappa shape index (κ3) is 2.22. The van der Waals surface area contributed by atoms with E-state index in [-0.39, 0.29) is 5.56 Å². The molecule has 0 atom stereocenters. The molecule has 1 aromatic rings. The lowest BCUT2D eigenvalue weighted by Crippen LogP contribution is -2.22. The van der Waals surface area contributed by atoms with Gasteiger partial charge in [0.25, 0.3) is 0 Å². The van der Waals surface area contributed by atoms with Crippen molar-refractivity contribution in [3.05, 3.63) is 24.0 Å². The van der Waals surface area contributed by atoms with E-state index in [2.05, 4.69) is 9.88 Å². The molecule has 1 N–H and O–H groups in total. The zero-order chi connectivity index (χ0) is 10.6. The molecule has 0 amide bonds. The molecule has 1 rings (SSSR count). The average molecular weight is 194 g/mol. The quantitative estimate of drug-likeness (QED) is 0.791. The molecule has 1 heterocycles. The summed E-state index contributed by atoms with van der Waals surface area (Å²) < 4.78 is 0. The van der Waals surface area contributed by atoms with Crippen molar-refractivity contribution < 1.29 is 9.90 Å². The van der Waals surface area contributed by atoms with Gasteiger partial charge in [-0.15, -0.1) is 0 Å². The second kappa shape index (κ2) is 4.60. The summed E-state index contributed by atoms with van der Waals surface area (Å²) in [4.78, 5) is 16.6. The summed E-state index contributed by atoms with van der Waals surface area (Å²) in [6, 6.07) is 1.64. The smallest absolute Gasteiger partial charge is 0.337 e. The number of carboxylic acid groups (broad SMARTS) is 1. The minimum Gasteiger partial charge on any atom is -0.478 e. The molecule has 0 unspecified atom stereocenters. The van der Waals surface area contributed by atoms with Gasteiger partial charge in [0.15, 0.2) is 0 Å². The zero-order valence-corrected chi connectivity index (χ0v) is 8.40. The molecule has 14 heavy (non-hydrogen) atoms. The molecular formula is C10H14N2O2. The monoisotopic (exact) mass is 194 g/mol. The Morgan fingerprint density at radius 1 is 1.43 bits per heavy atom. The first-order chi connectivity index (χ1) is 6.69. The van der Waals surface area contributed by atoms with Gasteiger partial charge in [-0.05, 0) is 19.9 Å². The second-order valence-electron chi connectivity index (χ2n) is 2.91. The predicted octanol–water partition coefficient (Wildman–Crippen LogP) is 1.63. The molecular weight excluding hydrogens is 180 g/mol. The molecule has 0 radical (unpaired) electrons. The first-order valence-electron chi connectivity index (χ1n) is 4.62. The molecule has 0 fully saturated rings. The molecule has 0 aromatic carbocycles. The highest BCUT2D eigenvalue weighted by Gasteiger charge is 2.07. The molecule has 0 bridgehead atoms. The molecule has 0 aliphatic heterocycles. The van der Waals surface area contributed by atoms with Crippen LogP contribution in [-0.4, -0.2) is 29.1 Å². The number of carboxylic acids is 1. The van der Waals surface area contributed by atoms with Gasteiger partial charge in [0.05, 0.1) is 17.4 Å². The number of pyridine rings is 1. The molecule has 4 nitrogen and oxygen atoms in total. The van der Waals surface area contributed by atoms with E-state index < -0.39 is 5.97 Å². The van der Waals surface area contributed by atoms with E-state index in [0.29, 0.717) is 0 Å². The van der Waals surface area contributed by atoms with Crippen molar-refractivity contribution in [3.8, 4) is 0 Å². The van der Waals surface area contributed by atoms with Crippen LogP contribution < -0.4 is 4.90 Å². The van der Waals surface area contributed by atoms with Crippen LogP contribution in [0.4, 0.5) is 5.69 Å². The van der Waals surface area contributed by atoms with Crippen molar-refractivity contribution in [1.29, 1.82) is 0 Å². The van der Waals surface area contributed by atoms with E-state index >= 15 is 0 Å². The van der Waals surface area contributed by atoms with Crippen LogP contribution in [0.25, 0.3) is 0 Å². The van der Waals surface area contributed by atoms with E-state index in [1.807, 2.05) is 13.8 Å². The fourth-order valence-corrected chi connectivity index (χ4v) is 1.31. The standard InChI is InChI=1S/C10H14N2O2/c1-3-12(4-2)9-5-8(10(13)14)6-11-7-9/h5-7H,3-4H2,1-2H3,(H,13,14). The number of hydrogen-bond acceptors (Lipinski definition) is 3. The first kappa shape index (κ1) is 10.5. The van der Waals surface area contributed by atoms with E-state index in [1.165, 1.54) is 6.20 Å². The van der Waals surface area contributed by atoms with Gasteiger partial charge in [-0.3, -0.25) is 4.98 Å². The minimum atomic E-state index is -0.938. The van der Waals surface area contributed by atoms with Crippen molar-refractivity contribution in [1.82, 2.24) is 4.98 Å². The average Bonchev–Trinajstić information content (AvgIpc) is 2.20. The van der Waals surface area contributed by atoms with Gasteiger partial charge in [-0.25, -0.2) is 4.79 Å². The number of carbonyl (C=O) groups is 1. The van der Waals surface area contributed by atoms with Crippen LogP contribution in [0.5, 0.6) is 0 Å².